The maximum absolute atomic E-state index is 13.8. The Morgan fingerprint density at radius 3 is 2.51 bits per heavy atom. The lowest BCUT2D eigenvalue weighted by molar-refractivity contribution is -0.870. The van der Waals surface area contributed by atoms with Gasteiger partial charge in [-0.3, -0.25) is 14.5 Å². The Balaban J connectivity index is 1.60. The Morgan fingerprint density at radius 1 is 1.14 bits per heavy atom. The van der Waals surface area contributed by atoms with Crippen LogP contribution in [-0.4, -0.2) is 148 Å². The number of carboxylic acid groups (broad SMARTS) is 1. The molecule has 0 radical (unpaired) electrons. The molecule has 3 heterocycles. The summed E-state index contributed by atoms with van der Waals surface area (Å²) in [7, 11) is 9.76. The molecule has 3 atom stereocenters. The molecule has 12 heteroatoms. The number of likely N-dealkylation sites (N-methyl/N-ethyl adjacent to an activating group) is 1. The summed E-state index contributed by atoms with van der Waals surface area (Å²) in [5, 5.41) is 10.6. The number of hydrogen-bond acceptors (Lipinski definition) is 7. The summed E-state index contributed by atoms with van der Waals surface area (Å²) in [4.78, 5) is 46.8. The number of carboxylic acids is 1. The zero-order chi connectivity index (χ0) is 31.3. The molecule has 0 unspecified atom stereocenters. The van der Waals surface area contributed by atoms with Crippen LogP contribution in [0.25, 0.3) is 0 Å². The van der Waals surface area contributed by atoms with Crippen LogP contribution < -0.4 is 14.2 Å². The number of urea groups is 1. The highest BCUT2D eigenvalue weighted by Gasteiger charge is 2.48. The van der Waals surface area contributed by atoms with Crippen molar-refractivity contribution < 1.29 is 38.2 Å². The molecule has 0 aromatic heterocycles. The number of rotatable bonds is 15. The van der Waals surface area contributed by atoms with Crippen molar-refractivity contribution >= 4 is 17.9 Å². The molecule has 240 valence electrons. The molecule has 0 saturated carbocycles. The van der Waals surface area contributed by atoms with Gasteiger partial charge >= 0.3 is 12.0 Å². The Morgan fingerprint density at radius 2 is 1.88 bits per heavy atom. The first-order valence-electron chi connectivity index (χ1n) is 15.5. The lowest BCUT2D eigenvalue weighted by Crippen LogP contribution is -2.46. The minimum Gasteiger partial charge on any atom is -0.493 e. The number of methoxy groups -OCH3 is 1. The monoisotopic (exact) mass is 604 g/mol. The van der Waals surface area contributed by atoms with Crippen LogP contribution in [0, 0.1) is 5.92 Å². The predicted molar refractivity (Wildman–Crippen MR) is 162 cm³/mol. The van der Waals surface area contributed by atoms with E-state index in [0.29, 0.717) is 62.9 Å². The van der Waals surface area contributed by atoms with E-state index in [1.54, 1.807) is 24.0 Å². The second kappa shape index (κ2) is 14.0. The van der Waals surface area contributed by atoms with Crippen molar-refractivity contribution in [3.63, 3.8) is 0 Å². The third-order valence-corrected chi connectivity index (χ3v) is 8.87. The molecule has 1 aromatic carbocycles. The molecule has 1 aromatic rings. The first-order chi connectivity index (χ1) is 20.4. The molecule has 4 rings (SSSR count). The van der Waals surface area contributed by atoms with Gasteiger partial charge in [0.2, 0.25) is 18.4 Å². The van der Waals surface area contributed by atoms with Gasteiger partial charge in [-0.1, -0.05) is 13.3 Å². The summed E-state index contributed by atoms with van der Waals surface area (Å²) in [6.07, 6.45) is 3.25. The van der Waals surface area contributed by atoms with Crippen molar-refractivity contribution in [3.8, 4) is 17.2 Å². The average Bonchev–Trinajstić information content (AvgIpc) is 3.65. The minimum atomic E-state index is -0.919. The number of aliphatic carboxylic acids is 1. The predicted octanol–water partition coefficient (Wildman–Crippen LogP) is 2.38. The Bertz CT molecular complexity index is 1160. The molecule has 12 nitrogen and oxygen atoms in total. The standard InChI is InChI=1S/C31H49N5O7/c1-7-8-11-33(12-9-16-36(3,4)5)27(37)20-35-19-23(22-17-25(41-6)29-26(18-22)42-21-43-29)28(30(38)39)24(35)10-13-34-15-14-32(2)31(34)40/h17-18,23-24,28H,7-16,19-21H2,1-6H3/p+1/t23-,24+,28-/m1/s1. The van der Waals surface area contributed by atoms with Crippen LogP contribution in [0.3, 0.4) is 0 Å². The summed E-state index contributed by atoms with van der Waals surface area (Å²) >= 11 is 0. The van der Waals surface area contributed by atoms with Gasteiger partial charge in [0.05, 0.1) is 47.3 Å². The molecule has 3 aliphatic heterocycles. The van der Waals surface area contributed by atoms with E-state index in [1.807, 2.05) is 21.9 Å². The van der Waals surface area contributed by atoms with E-state index in [1.165, 1.54) is 0 Å². The number of quaternary nitrogens is 1. The van der Waals surface area contributed by atoms with E-state index in [4.69, 9.17) is 14.2 Å². The van der Waals surface area contributed by atoms with E-state index >= 15 is 0 Å². The van der Waals surface area contributed by atoms with E-state index in [-0.39, 0.29) is 25.3 Å². The van der Waals surface area contributed by atoms with Crippen LogP contribution in [0.15, 0.2) is 12.1 Å². The van der Waals surface area contributed by atoms with Gasteiger partial charge in [-0.05, 0) is 30.5 Å². The van der Waals surface area contributed by atoms with Gasteiger partial charge in [-0.15, -0.1) is 0 Å². The van der Waals surface area contributed by atoms with Crippen LogP contribution in [0.1, 0.15) is 44.1 Å². The fraction of sp³-hybridized carbons (Fsp3) is 0.710. The number of nitrogens with zero attached hydrogens (tertiary/aromatic N) is 5. The summed E-state index contributed by atoms with van der Waals surface area (Å²) in [5.41, 5.74) is 0.774. The van der Waals surface area contributed by atoms with E-state index < -0.39 is 23.8 Å². The number of carbonyl (C=O) groups is 3. The molecule has 0 spiro atoms. The number of benzene rings is 1. The minimum absolute atomic E-state index is 0.0184. The number of carbonyl (C=O) groups excluding carboxylic acids is 2. The number of amides is 3. The molecular formula is C31H50N5O7+. The number of ether oxygens (including phenoxy) is 3. The zero-order valence-corrected chi connectivity index (χ0v) is 26.7. The molecule has 2 fully saturated rings. The highest BCUT2D eigenvalue weighted by atomic mass is 16.7. The third-order valence-electron chi connectivity index (χ3n) is 8.87. The van der Waals surface area contributed by atoms with Crippen molar-refractivity contribution in [1.29, 1.82) is 0 Å². The van der Waals surface area contributed by atoms with Gasteiger partial charge in [0.1, 0.15) is 0 Å². The third kappa shape index (κ3) is 7.83. The first-order valence-corrected chi connectivity index (χ1v) is 15.5. The maximum Gasteiger partial charge on any atom is 0.319 e. The van der Waals surface area contributed by atoms with Gasteiger partial charge in [0.25, 0.3) is 0 Å². The molecule has 3 amide bonds. The molecule has 1 N–H and O–H groups in total. The molecule has 43 heavy (non-hydrogen) atoms. The van der Waals surface area contributed by atoms with Crippen LogP contribution in [-0.2, 0) is 9.59 Å². The summed E-state index contributed by atoms with van der Waals surface area (Å²) in [6.45, 7) is 6.72. The quantitative estimate of drug-likeness (QED) is 0.304. The Labute approximate surface area is 255 Å². The highest BCUT2D eigenvalue weighted by Crippen LogP contribution is 2.47. The van der Waals surface area contributed by atoms with Gasteiger partial charge in [0.15, 0.2) is 11.5 Å². The van der Waals surface area contributed by atoms with Gasteiger partial charge in [-0.2, -0.15) is 0 Å². The molecular weight excluding hydrogens is 554 g/mol. The van der Waals surface area contributed by atoms with Crippen molar-refractivity contribution in [2.75, 3.05) is 94.5 Å². The summed E-state index contributed by atoms with van der Waals surface area (Å²) in [6, 6.07) is 3.19. The topological polar surface area (TPSA) is 112 Å². The average molecular weight is 605 g/mol. The largest absolute Gasteiger partial charge is 0.493 e. The van der Waals surface area contributed by atoms with Gasteiger partial charge in [-0.25, -0.2) is 4.79 Å². The smallest absolute Gasteiger partial charge is 0.319 e. The van der Waals surface area contributed by atoms with Crippen LogP contribution in [0.4, 0.5) is 4.79 Å². The normalized spacial score (nSPS) is 22.0. The van der Waals surface area contributed by atoms with Crippen molar-refractivity contribution in [2.24, 2.45) is 5.92 Å². The lowest BCUT2D eigenvalue weighted by atomic mass is 9.84. The van der Waals surface area contributed by atoms with Crippen LogP contribution in [0.2, 0.25) is 0 Å². The van der Waals surface area contributed by atoms with Crippen LogP contribution in [0.5, 0.6) is 17.2 Å². The Kier molecular flexibility index (Phi) is 10.7. The fourth-order valence-electron chi connectivity index (χ4n) is 6.47. The molecule has 0 bridgehead atoms. The second-order valence-electron chi connectivity index (χ2n) is 13.0. The second-order valence-corrected chi connectivity index (χ2v) is 13.0. The van der Waals surface area contributed by atoms with E-state index in [0.717, 1.165) is 35.9 Å². The number of fused-ring (bicyclic) bond motifs is 1. The number of likely N-dealkylation sites (tertiary alicyclic amines) is 1. The molecule has 3 aliphatic rings. The van der Waals surface area contributed by atoms with Gasteiger partial charge < -0.3 is 38.5 Å². The zero-order valence-electron chi connectivity index (χ0n) is 26.7. The molecule has 2 saturated heterocycles. The van der Waals surface area contributed by atoms with E-state index in [2.05, 4.69) is 28.1 Å². The van der Waals surface area contributed by atoms with Crippen molar-refractivity contribution in [3.05, 3.63) is 17.7 Å². The van der Waals surface area contributed by atoms with Crippen molar-refractivity contribution in [1.82, 2.24) is 19.6 Å². The first kappa shape index (κ1) is 32.7. The van der Waals surface area contributed by atoms with Gasteiger partial charge in [0, 0.05) is 64.7 Å². The molecule has 0 aliphatic carbocycles. The lowest BCUT2D eigenvalue weighted by Gasteiger charge is -2.31. The van der Waals surface area contributed by atoms with Crippen LogP contribution >= 0.6 is 0 Å². The number of unbranched alkanes of at least 4 members (excludes halogenated alkanes) is 1. The highest BCUT2D eigenvalue weighted by molar-refractivity contribution is 5.79. The fourth-order valence-corrected chi connectivity index (χ4v) is 6.47. The summed E-state index contributed by atoms with van der Waals surface area (Å²) in [5.74, 6) is -0.556. The number of hydrogen-bond donors (Lipinski definition) is 1. The van der Waals surface area contributed by atoms with E-state index in [9.17, 15) is 19.5 Å². The SMILES string of the molecule is CCCCN(CCC[N+](C)(C)C)C(=O)CN1C[C@H](c2cc(OC)c3c(c2)OCO3)[C@@H](C(=O)O)[C@@H]1CCN1CCN(C)C1=O. The Hall–Kier alpha value is -3.25. The summed E-state index contributed by atoms with van der Waals surface area (Å²) < 4.78 is 17.6. The van der Waals surface area contributed by atoms with Crippen molar-refractivity contribution in [2.45, 2.75) is 44.6 Å². The maximum atomic E-state index is 13.8.